The maximum atomic E-state index is 10.7. The van der Waals surface area contributed by atoms with Gasteiger partial charge in [-0.2, -0.15) is 0 Å². The van der Waals surface area contributed by atoms with Gasteiger partial charge in [0, 0.05) is 67.2 Å². The highest BCUT2D eigenvalue weighted by molar-refractivity contribution is 5.96. The molecule has 0 unspecified atom stereocenters. The quantitative estimate of drug-likeness (QED) is 0.637. The zero-order valence-corrected chi connectivity index (χ0v) is 20.1. The standard InChI is InChI=1S/C25H34N6O/c1-24(2)14-16(15-25(3,4)29-24)31(7)23-9-8-19(27-28-23)18-12-17-20(13-22(18)32)26-11-10-21(17)30(5)6/h8-13,16,29,32H,14-15H2,1-7H3. The van der Waals surface area contributed by atoms with Crippen molar-refractivity contribution in [1.29, 1.82) is 0 Å². The predicted octanol–water partition coefficient (Wildman–Crippen LogP) is 4.21. The first-order chi connectivity index (χ1) is 15.0. The third kappa shape index (κ3) is 4.35. The minimum atomic E-state index is 0.0586. The van der Waals surface area contributed by atoms with Crippen LogP contribution in [0.3, 0.4) is 0 Å². The number of nitrogens with zero attached hydrogens (tertiary/aromatic N) is 5. The van der Waals surface area contributed by atoms with Gasteiger partial charge in [0.15, 0.2) is 5.82 Å². The second-order valence-electron chi connectivity index (χ2n) is 10.5. The van der Waals surface area contributed by atoms with Crippen LogP contribution in [-0.4, -0.2) is 58.6 Å². The summed E-state index contributed by atoms with van der Waals surface area (Å²) >= 11 is 0. The molecule has 3 aromatic rings. The number of phenolic OH excluding ortho intramolecular Hbond substituents is 1. The minimum absolute atomic E-state index is 0.0586. The van der Waals surface area contributed by atoms with Crippen molar-refractivity contribution < 1.29 is 5.11 Å². The second-order valence-corrected chi connectivity index (χ2v) is 10.5. The van der Waals surface area contributed by atoms with Gasteiger partial charge in [0.1, 0.15) is 5.75 Å². The molecule has 0 bridgehead atoms. The lowest BCUT2D eigenvalue weighted by Crippen LogP contribution is -2.62. The van der Waals surface area contributed by atoms with Crippen LogP contribution in [0, 0.1) is 0 Å². The lowest BCUT2D eigenvalue weighted by atomic mass is 9.79. The summed E-state index contributed by atoms with van der Waals surface area (Å²) in [7, 11) is 6.08. The van der Waals surface area contributed by atoms with Crippen molar-refractivity contribution in [2.75, 3.05) is 30.9 Å². The molecular weight excluding hydrogens is 400 g/mol. The number of aromatic hydroxyl groups is 1. The summed E-state index contributed by atoms with van der Waals surface area (Å²) in [6, 6.07) is 9.89. The normalized spacial score (nSPS) is 18.0. The number of hydrogen-bond donors (Lipinski definition) is 2. The average Bonchev–Trinajstić information content (AvgIpc) is 2.70. The van der Waals surface area contributed by atoms with E-state index in [4.69, 9.17) is 0 Å². The highest BCUT2D eigenvalue weighted by Gasteiger charge is 2.39. The van der Waals surface area contributed by atoms with E-state index in [-0.39, 0.29) is 16.8 Å². The number of rotatable bonds is 4. The van der Waals surface area contributed by atoms with Gasteiger partial charge in [-0.25, -0.2) is 0 Å². The molecule has 0 radical (unpaired) electrons. The first kappa shape index (κ1) is 22.3. The number of aromatic nitrogens is 3. The van der Waals surface area contributed by atoms with Crippen molar-refractivity contribution in [2.45, 2.75) is 57.7 Å². The van der Waals surface area contributed by atoms with Crippen LogP contribution >= 0.6 is 0 Å². The molecule has 0 aliphatic carbocycles. The Balaban J connectivity index is 1.65. The fraction of sp³-hybridized carbons (Fsp3) is 0.480. The Labute approximate surface area is 190 Å². The number of fused-ring (bicyclic) bond motifs is 1. The van der Waals surface area contributed by atoms with E-state index in [1.807, 2.05) is 43.3 Å². The Morgan fingerprint density at radius 1 is 0.969 bits per heavy atom. The number of benzene rings is 1. The number of phenols is 1. The van der Waals surface area contributed by atoms with Crippen molar-refractivity contribution in [3.63, 3.8) is 0 Å². The molecule has 7 heteroatoms. The number of nitrogens with one attached hydrogen (secondary N) is 1. The SMILES string of the molecule is CN(C)c1ccnc2cc(O)c(-c3ccc(N(C)C4CC(C)(C)NC(C)(C)C4)nn3)cc12. The summed E-state index contributed by atoms with van der Waals surface area (Å²) < 4.78 is 0. The molecule has 0 atom stereocenters. The van der Waals surface area contributed by atoms with E-state index in [2.05, 4.69) is 60.1 Å². The summed E-state index contributed by atoms with van der Waals surface area (Å²) in [5.41, 5.74) is 3.20. The third-order valence-corrected chi connectivity index (χ3v) is 6.32. The Morgan fingerprint density at radius 2 is 1.66 bits per heavy atom. The van der Waals surface area contributed by atoms with Crippen LogP contribution in [0.4, 0.5) is 11.5 Å². The average molecular weight is 435 g/mol. The van der Waals surface area contributed by atoms with Gasteiger partial charge in [0.05, 0.1) is 11.2 Å². The smallest absolute Gasteiger partial charge is 0.151 e. The number of anilines is 2. The Hall–Kier alpha value is -2.93. The molecule has 0 saturated carbocycles. The largest absolute Gasteiger partial charge is 0.507 e. The molecule has 1 aliphatic heterocycles. The summed E-state index contributed by atoms with van der Waals surface area (Å²) in [6.45, 7) is 9.01. The van der Waals surface area contributed by atoms with Crippen molar-refractivity contribution in [1.82, 2.24) is 20.5 Å². The lowest BCUT2D eigenvalue weighted by molar-refractivity contribution is 0.160. The van der Waals surface area contributed by atoms with Gasteiger partial charge in [-0.05, 0) is 64.8 Å². The zero-order valence-electron chi connectivity index (χ0n) is 20.1. The van der Waals surface area contributed by atoms with Crippen LogP contribution < -0.4 is 15.1 Å². The molecule has 4 rings (SSSR count). The van der Waals surface area contributed by atoms with Crippen LogP contribution in [-0.2, 0) is 0 Å². The van der Waals surface area contributed by atoms with Gasteiger partial charge in [-0.15, -0.1) is 10.2 Å². The molecule has 1 aliphatic rings. The fourth-order valence-corrected chi connectivity index (χ4v) is 5.15. The monoisotopic (exact) mass is 434 g/mol. The summed E-state index contributed by atoms with van der Waals surface area (Å²) in [5.74, 6) is 0.987. The summed E-state index contributed by atoms with van der Waals surface area (Å²) in [4.78, 5) is 8.67. The van der Waals surface area contributed by atoms with E-state index in [0.29, 0.717) is 17.3 Å². The summed E-state index contributed by atoms with van der Waals surface area (Å²) in [6.07, 6.45) is 3.81. The van der Waals surface area contributed by atoms with Gasteiger partial charge in [-0.3, -0.25) is 4.98 Å². The third-order valence-electron chi connectivity index (χ3n) is 6.32. The van der Waals surface area contributed by atoms with Gasteiger partial charge >= 0.3 is 0 Å². The van der Waals surface area contributed by atoms with Crippen molar-refractivity contribution in [3.8, 4) is 17.0 Å². The van der Waals surface area contributed by atoms with Crippen LogP contribution in [0.25, 0.3) is 22.2 Å². The van der Waals surface area contributed by atoms with Crippen molar-refractivity contribution in [3.05, 3.63) is 36.5 Å². The maximum Gasteiger partial charge on any atom is 0.151 e. The van der Waals surface area contributed by atoms with E-state index in [9.17, 15) is 5.11 Å². The van der Waals surface area contributed by atoms with E-state index >= 15 is 0 Å². The van der Waals surface area contributed by atoms with E-state index < -0.39 is 0 Å². The highest BCUT2D eigenvalue weighted by atomic mass is 16.3. The maximum absolute atomic E-state index is 10.7. The minimum Gasteiger partial charge on any atom is -0.507 e. The van der Waals surface area contributed by atoms with E-state index in [1.165, 1.54) is 0 Å². The topological polar surface area (TPSA) is 77.4 Å². The van der Waals surface area contributed by atoms with Crippen LogP contribution in [0.5, 0.6) is 5.75 Å². The molecule has 0 amide bonds. The van der Waals surface area contributed by atoms with Gasteiger partial charge in [-0.1, -0.05) is 0 Å². The molecular formula is C25H34N6O. The molecule has 0 spiro atoms. The first-order valence-electron chi connectivity index (χ1n) is 11.1. The van der Waals surface area contributed by atoms with Crippen LogP contribution in [0.2, 0.25) is 0 Å². The molecule has 170 valence electrons. The molecule has 1 saturated heterocycles. The Morgan fingerprint density at radius 3 is 2.25 bits per heavy atom. The second kappa shape index (κ2) is 7.89. The fourth-order valence-electron chi connectivity index (χ4n) is 5.15. The van der Waals surface area contributed by atoms with E-state index in [0.717, 1.165) is 35.2 Å². The number of pyridine rings is 1. The van der Waals surface area contributed by atoms with Gasteiger partial charge < -0.3 is 20.2 Å². The molecule has 1 aromatic carbocycles. The molecule has 7 nitrogen and oxygen atoms in total. The molecule has 32 heavy (non-hydrogen) atoms. The van der Waals surface area contributed by atoms with Gasteiger partial charge in [0.2, 0.25) is 0 Å². The van der Waals surface area contributed by atoms with Crippen molar-refractivity contribution >= 4 is 22.4 Å². The van der Waals surface area contributed by atoms with Gasteiger partial charge in [0.25, 0.3) is 0 Å². The molecule has 2 N–H and O–H groups in total. The molecule has 1 fully saturated rings. The Bertz CT molecular complexity index is 1110. The predicted molar refractivity (Wildman–Crippen MR) is 131 cm³/mol. The highest BCUT2D eigenvalue weighted by Crippen LogP contribution is 2.36. The lowest BCUT2D eigenvalue weighted by Gasteiger charge is -2.49. The molecule has 2 aromatic heterocycles. The molecule has 3 heterocycles. The van der Waals surface area contributed by atoms with E-state index in [1.54, 1.807) is 12.3 Å². The van der Waals surface area contributed by atoms with Crippen LogP contribution in [0.1, 0.15) is 40.5 Å². The number of hydrogen-bond acceptors (Lipinski definition) is 7. The Kier molecular flexibility index (Phi) is 5.49. The first-order valence-corrected chi connectivity index (χ1v) is 11.1. The summed E-state index contributed by atoms with van der Waals surface area (Å²) in [5, 5.41) is 24.3. The zero-order chi connectivity index (χ0) is 23.3. The van der Waals surface area contributed by atoms with Crippen LogP contribution in [0.15, 0.2) is 36.5 Å². The number of piperidine rings is 1. The van der Waals surface area contributed by atoms with Crippen molar-refractivity contribution in [2.24, 2.45) is 0 Å².